The predicted molar refractivity (Wildman–Crippen MR) is 131 cm³/mol. The fourth-order valence-corrected chi connectivity index (χ4v) is 2.49. The summed E-state index contributed by atoms with van der Waals surface area (Å²) in [4.78, 5) is 11.4. The number of carbonyl (C=O) groups excluding carboxylic acids is 1. The third-order valence-corrected chi connectivity index (χ3v) is 4.25. The Bertz CT molecular complexity index is 582. The lowest BCUT2D eigenvalue weighted by atomic mass is 10.2. The van der Waals surface area contributed by atoms with Gasteiger partial charge in [-0.3, -0.25) is 4.79 Å². The van der Waals surface area contributed by atoms with Crippen LogP contribution in [0.4, 0.5) is 0 Å². The van der Waals surface area contributed by atoms with E-state index in [1.54, 1.807) is 0 Å². The smallest absolute Gasteiger partial charge is 0.305 e. The van der Waals surface area contributed by atoms with Crippen LogP contribution in [0.5, 0.6) is 0 Å². The quantitative estimate of drug-likeness (QED) is 0.147. The van der Waals surface area contributed by atoms with E-state index in [2.05, 4.69) is 79.8 Å². The molecule has 0 saturated carbocycles. The number of hydrogen-bond donors (Lipinski definition) is 2. The predicted octanol–water partition coefficient (Wildman–Crippen LogP) is 6.14. The van der Waals surface area contributed by atoms with Crippen LogP contribution in [-0.4, -0.2) is 35.5 Å². The lowest BCUT2D eigenvalue weighted by molar-refractivity contribution is -0.147. The summed E-state index contributed by atoms with van der Waals surface area (Å²) in [5.74, 6) is -0.324. The van der Waals surface area contributed by atoms with Gasteiger partial charge in [0.1, 0.15) is 12.7 Å². The van der Waals surface area contributed by atoms with Gasteiger partial charge in [-0.15, -0.1) is 0 Å². The molecule has 0 spiro atoms. The molecule has 4 nitrogen and oxygen atoms in total. The number of aliphatic hydroxyl groups excluding tert-OH is 2. The number of esters is 1. The van der Waals surface area contributed by atoms with Crippen molar-refractivity contribution < 1.29 is 19.7 Å². The van der Waals surface area contributed by atoms with Crippen molar-refractivity contribution in [2.75, 3.05) is 13.2 Å². The molecule has 0 aromatic rings. The van der Waals surface area contributed by atoms with Gasteiger partial charge >= 0.3 is 5.97 Å². The molecule has 0 aromatic heterocycles. The van der Waals surface area contributed by atoms with Gasteiger partial charge in [-0.05, 0) is 57.8 Å². The molecule has 0 saturated heterocycles. The highest BCUT2D eigenvalue weighted by Gasteiger charge is 2.06. The van der Waals surface area contributed by atoms with E-state index in [0.29, 0.717) is 6.42 Å². The number of hydrogen-bond acceptors (Lipinski definition) is 4. The third-order valence-electron chi connectivity index (χ3n) is 4.25. The second-order valence-corrected chi connectivity index (χ2v) is 7.18. The molecule has 0 aliphatic heterocycles. The van der Waals surface area contributed by atoms with E-state index in [0.717, 1.165) is 57.8 Å². The molecule has 2 N–H and O–H groups in total. The van der Waals surface area contributed by atoms with E-state index in [1.807, 2.05) is 0 Å². The summed E-state index contributed by atoms with van der Waals surface area (Å²) in [6, 6.07) is 0. The molecule has 0 aromatic carbocycles. The summed E-state index contributed by atoms with van der Waals surface area (Å²) in [6.45, 7) is 1.62. The van der Waals surface area contributed by atoms with Gasteiger partial charge in [-0.2, -0.15) is 0 Å². The Morgan fingerprint density at radius 1 is 0.742 bits per heavy atom. The van der Waals surface area contributed by atoms with Crippen molar-refractivity contribution in [3.8, 4) is 0 Å². The number of rotatable bonds is 19. The molecule has 0 heterocycles. The van der Waals surface area contributed by atoms with Crippen LogP contribution in [0, 0.1) is 0 Å². The number of allylic oxidation sites excluding steroid dienone is 12. The summed E-state index contributed by atoms with van der Waals surface area (Å²) >= 11 is 0. The molecule has 0 rings (SSSR count). The summed E-state index contributed by atoms with van der Waals surface area (Å²) in [7, 11) is 0. The van der Waals surface area contributed by atoms with Crippen molar-refractivity contribution in [1.29, 1.82) is 0 Å². The first-order valence-corrected chi connectivity index (χ1v) is 11.5. The Kier molecular flexibility index (Phi) is 22.4. The highest BCUT2D eigenvalue weighted by molar-refractivity contribution is 5.69. The van der Waals surface area contributed by atoms with Crippen molar-refractivity contribution in [2.24, 2.45) is 0 Å². The molecule has 0 fully saturated rings. The molecule has 0 radical (unpaired) electrons. The molecule has 174 valence electrons. The highest BCUT2D eigenvalue weighted by Crippen LogP contribution is 2.03. The van der Waals surface area contributed by atoms with E-state index in [-0.39, 0.29) is 12.6 Å². The van der Waals surface area contributed by atoms with E-state index >= 15 is 0 Å². The van der Waals surface area contributed by atoms with Gasteiger partial charge in [0.05, 0.1) is 6.61 Å². The van der Waals surface area contributed by atoms with Gasteiger partial charge in [0.2, 0.25) is 0 Å². The first kappa shape index (κ1) is 28.8. The Hall–Kier alpha value is -2.17. The van der Waals surface area contributed by atoms with Gasteiger partial charge in [0, 0.05) is 6.42 Å². The average molecular weight is 431 g/mol. The Labute approximate surface area is 189 Å². The summed E-state index contributed by atoms with van der Waals surface area (Å²) < 4.78 is 4.85. The zero-order valence-corrected chi connectivity index (χ0v) is 19.2. The normalized spacial score (nSPS) is 13.8. The van der Waals surface area contributed by atoms with Crippen LogP contribution in [0.3, 0.4) is 0 Å². The molecule has 4 heteroatoms. The van der Waals surface area contributed by atoms with E-state index < -0.39 is 12.7 Å². The zero-order valence-electron chi connectivity index (χ0n) is 19.2. The molecule has 31 heavy (non-hydrogen) atoms. The highest BCUT2D eigenvalue weighted by atomic mass is 16.5. The molecular formula is C27H42O4. The van der Waals surface area contributed by atoms with Crippen LogP contribution >= 0.6 is 0 Å². The minimum atomic E-state index is -0.983. The summed E-state index contributed by atoms with van der Waals surface area (Å²) in [6.07, 6.45) is 34.2. The second kappa shape index (κ2) is 24.1. The van der Waals surface area contributed by atoms with Gasteiger partial charge < -0.3 is 14.9 Å². The standard InChI is InChI=1S/C27H42O4/c1-2-3-4-5-6-7-8-9-10-11-12-13-14-15-16-17-18-19-20-21-22-23-27(30)31-25-26(29)24-28/h3-4,6-7,9-10,12-13,15-16,18-19,26,28-29H,2,5,8,11,14,17,20-25H2,1H3. The first-order valence-electron chi connectivity index (χ1n) is 11.5. The molecule has 0 aliphatic rings. The second-order valence-electron chi connectivity index (χ2n) is 7.18. The van der Waals surface area contributed by atoms with Gasteiger partial charge in [0.15, 0.2) is 0 Å². The maximum atomic E-state index is 11.4. The summed E-state index contributed by atoms with van der Waals surface area (Å²) in [5, 5.41) is 17.7. The van der Waals surface area contributed by atoms with Crippen LogP contribution in [0.25, 0.3) is 0 Å². The first-order chi connectivity index (χ1) is 15.2. The van der Waals surface area contributed by atoms with Crippen LogP contribution in [0.1, 0.15) is 71.1 Å². The number of unbranched alkanes of at least 4 members (excludes halogenated alkanes) is 2. The molecule has 1 unspecified atom stereocenters. The summed E-state index contributed by atoms with van der Waals surface area (Å²) in [5.41, 5.74) is 0. The Balaban J connectivity index is 3.53. The lowest BCUT2D eigenvalue weighted by Crippen LogP contribution is -2.21. The zero-order chi connectivity index (χ0) is 22.8. The Morgan fingerprint density at radius 2 is 1.19 bits per heavy atom. The average Bonchev–Trinajstić information content (AvgIpc) is 2.78. The van der Waals surface area contributed by atoms with Crippen molar-refractivity contribution >= 4 is 5.97 Å². The molecular weight excluding hydrogens is 388 g/mol. The van der Waals surface area contributed by atoms with Crippen molar-refractivity contribution in [3.63, 3.8) is 0 Å². The van der Waals surface area contributed by atoms with Gasteiger partial charge in [0.25, 0.3) is 0 Å². The number of ether oxygens (including phenoxy) is 1. The monoisotopic (exact) mass is 430 g/mol. The van der Waals surface area contributed by atoms with E-state index in [1.165, 1.54) is 0 Å². The Morgan fingerprint density at radius 3 is 1.65 bits per heavy atom. The van der Waals surface area contributed by atoms with Crippen molar-refractivity contribution in [3.05, 3.63) is 72.9 Å². The van der Waals surface area contributed by atoms with Crippen molar-refractivity contribution in [1.82, 2.24) is 0 Å². The fraction of sp³-hybridized carbons (Fsp3) is 0.519. The minimum absolute atomic E-state index is 0.136. The molecule has 0 bridgehead atoms. The van der Waals surface area contributed by atoms with Crippen LogP contribution in [0.2, 0.25) is 0 Å². The van der Waals surface area contributed by atoms with Gasteiger partial charge in [-0.1, -0.05) is 79.8 Å². The molecule has 0 amide bonds. The van der Waals surface area contributed by atoms with E-state index in [4.69, 9.17) is 14.9 Å². The maximum absolute atomic E-state index is 11.4. The van der Waals surface area contributed by atoms with Gasteiger partial charge in [-0.25, -0.2) is 0 Å². The van der Waals surface area contributed by atoms with E-state index in [9.17, 15) is 4.79 Å². The third kappa shape index (κ3) is 24.0. The lowest BCUT2D eigenvalue weighted by Gasteiger charge is -2.07. The van der Waals surface area contributed by atoms with Crippen LogP contribution < -0.4 is 0 Å². The number of carbonyl (C=O) groups is 1. The maximum Gasteiger partial charge on any atom is 0.305 e. The molecule has 0 aliphatic carbocycles. The number of aliphatic hydroxyl groups is 2. The largest absolute Gasteiger partial charge is 0.463 e. The van der Waals surface area contributed by atoms with Crippen molar-refractivity contribution in [2.45, 2.75) is 77.2 Å². The topological polar surface area (TPSA) is 66.8 Å². The SMILES string of the molecule is CCC=CCC=CCC=CCC=CCC=CCC=CCCCCC(=O)OCC(O)CO. The minimum Gasteiger partial charge on any atom is -0.463 e. The van der Waals surface area contributed by atoms with Crippen LogP contribution in [0.15, 0.2) is 72.9 Å². The molecule has 1 atom stereocenters. The fourth-order valence-electron chi connectivity index (χ4n) is 2.49. The van der Waals surface area contributed by atoms with Crippen LogP contribution in [-0.2, 0) is 9.53 Å².